The van der Waals surface area contributed by atoms with Gasteiger partial charge >= 0.3 is 0 Å². The Balaban J connectivity index is 1.34. The lowest BCUT2D eigenvalue weighted by Gasteiger charge is -2.35. The number of ether oxygens (including phenoxy) is 4. The van der Waals surface area contributed by atoms with Crippen LogP contribution in [0.5, 0.6) is 5.75 Å². The van der Waals surface area contributed by atoms with Crippen molar-refractivity contribution in [2.45, 2.75) is 62.3 Å². The third-order valence-corrected chi connectivity index (χ3v) is 9.13. The number of benzene rings is 1. The van der Waals surface area contributed by atoms with Crippen LogP contribution in [0.15, 0.2) is 54.3 Å². The molecule has 3 N–H and O–H groups in total. The second kappa shape index (κ2) is 16.3. The average Bonchev–Trinajstić information content (AvgIpc) is 3.84. The maximum atomic E-state index is 14.1. The Morgan fingerprint density at radius 1 is 1.02 bits per heavy atom. The Bertz CT molecular complexity index is 1360. The Hall–Kier alpha value is -3.80. The van der Waals surface area contributed by atoms with Crippen molar-refractivity contribution in [3.05, 3.63) is 59.9 Å². The van der Waals surface area contributed by atoms with E-state index >= 15 is 0 Å². The van der Waals surface area contributed by atoms with Gasteiger partial charge in [0.1, 0.15) is 17.8 Å². The van der Waals surface area contributed by atoms with Gasteiger partial charge in [0, 0.05) is 25.4 Å². The van der Waals surface area contributed by atoms with Crippen molar-refractivity contribution >= 4 is 23.5 Å². The first kappa shape index (κ1) is 34.5. The number of nitrogens with zero attached hydrogens (tertiary/aromatic N) is 1. The van der Waals surface area contributed by atoms with E-state index in [0.717, 1.165) is 36.8 Å². The van der Waals surface area contributed by atoms with E-state index in [1.54, 1.807) is 19.2 Å². The predicted molar refractivity (Wildman–Crippen MR) is 173 cm³/mol. The highest BCUT2D eigenvalue weighted by atomic mass is 16.6. The molecule has 0 unspecified atom stereocenters. The average molecular weight is 651 g/mol. The van der Waals surface area contributed by atoms with Gasteiger partial charge in [0.2, 0.25) is 17.7 Å². The van der Waals surface area contributed by atoms with Crippen LogP contribution in [0.25, 0.3) is 0 Å². The molecule has 1 aromatic carbocycles. The highest BCUT2D eigenvalue weighted by Crippen LogP contribution is 2.33. The molecular formula is C35H46N4O8. The minimum atomic E-state index is -1.16. The molecule has 0 saturated carbocycles. The fourth-order valence-corrected chi connectivity index (χ4v) is 6.16. The number of rotatable bonds is 16. The molecule has 3 amide bonds. The first-order valence-corrected chi connectivity index (χ1v) is 16.4. The number of hydrogen-bond donors (Lipinski definition) is 3. The lowest BCUT2D eigenvalue weighted by Crippen LogP contribution is -2.61. The molecule has 5 rings (SSSR count). The summed E-state index contributed by atoms with van der Waals surface area (Å²) >= 11 is 0. The minimum Gasteiger partial charge on any atom is -0.497 e. The van der Waals surface area contributed by atoms with Crippen LogP contribution in [0.3, 0.4) is 0 Å². The van der Waals surface area contributed by atoms with Gasteiger partial charge in [-0.3, -0.25) is 24.1 Å². The van der Waals surface area contributed by atoms with Crippen molar-refractivity contribution in [2.75, 3.05) is 59.8 Å². The number of amides is 3. The van der Waals surface area contributed by atoms with Gasteiger partial charge in [0.15, 0.2) is 11.4 Å². The Kier molecular flexibility index (Phi) is 12.0. The van der Waals surface area contributed by atoms with Crippen molar-refractivity contribution in [1.82, 2.24) is 20.9 Å². The summed E-state index contributed by atoms with van der Waals surface area (Å²) in [7, 11) is 1.57. The summed E-state index contributed by atoms with van der Waals surface area (Å²) in [4.78, 5) is 56.8. The molecule has 0 spiro atoms. The summed E-state index contributed by atoms with van der Waals surface area (Å²) < 4.78 is 21.6. The van der Waals surface area contributed by atoms with Crippen molar-refractivity contribution in [3.63, 3.8) is 0 Å². The van der Waals surface area contributed by atoms with Gasteiger partial charge in [-0.15, -0.1) is 5.73 Å². The first-order valence-electron chi connectivity index (χ1n) is 16.4. The number of hydrogen-bond acceptors (Lipinski definition) is 9. The zero-order valence-corrected chi connectivity index (χ0v) is 27.1. The maximum absolute atomic E-state index is 14.1. The largest absolute Gasteiger partial charge is 0.497 e. The highest BCUT2D eigenvalue weighted by molar-refractivity contribution is 6.00. The number of ketones is 1. The summed E-state index contributed by atoms with van der Waals surface area (Å²) in [5, 5.41) is 8.75. The predicted octanol–water partition coefficient (Wildman–Crippen LogP) is 1.24. The van der Waals surface area contributed by atoms with E-state index in [0.29, 0.717) is 51.7 Å². The fourth-order valence-electron chi connectivity index (χ4n) is 6.16. The van der Waals surface area contributed by atoms with E-state index in [2.05, 4.69) is 34.3 Å². The summed E-state index contributed by atoms with van der Waals surface area (Å²) in [6.07, 6.45) is 8.04. The van der Waals surface area contributed by atoms with Crippen molar-refractivity contribution in [1.29, 1.82) is 0 Å². The number of carbonyl (C=O) groups is 4. The summed E-state index contributed by atoms with van der Waals surface area (Å²) in [6.45, 7) is 6.93. The van der Waals surface area contributed by atoms with E-state index in [-0.39, 0.29) is 37.2 Å². The van der Waals surface area contributed by atoms with Crippen molar-refractivity contribution in [3.8, 4) is 5.75 Å². The molecule has 1 aromatic rings. The van der Waals surface area contributed by atoms with Crippen LogP contribution in [0.4, 0.5) is 0 Å². The molecule has 12 nitrogen and oxygen atoms in total. The molecule has 3 saturated heterocycles. The van der Waals surface area contributed by atoms with E-state index < -0.39 is 35.5 Å². The van der Waals surface area contributed by atoms with Crippen molar-refractivity contribution in [2.24, 2.45) is 5.92 Å². The second-order valence-electron chi connectivity index (χ2n) is 12.6. The standard InChI is InChI=1S/C35H46N4O8/c1-3-13-35(23-47-35)32(41)28(18-24-7-5-4-6-8-24)36-33(42)29(19-25-9-11-27(44-2)12-10-25)37-34(43)31(26-21-46-22-26)38-30(40)20-39-14-16-45-17-15-39/h7,9-13,26,28-29,31H,1,4-6,8,14-23H2,2H3,(H,36,42)(H,37,43)(H,38,40)/t28-,29-,31-,35+/m0/s1. The molecule has 0 bridgehead atoms. The van der Waals surface area contributed by atoms with Gasteiger partial charge in [-0.05, 0) is 55.9 Å². The molecule has 3 fully saturated rings. The fraction of sp³-hybridized carbons (Fsp3) is 0.571. The van der Waals surface area contributed by atoms with Gasteiger partial charge in [0.25, 0.3) is 0 Å². The highest BCUT2D eigenvalue weighted by Gasteiger charge is 2.53. The molecule has 254 valence electrons. The van der Waals surface area contributed by atoms with Gasteiger partial charge in [-0.25, -0.2) is 0 Å². The number of allylic oxidation sites excluding steroid dienone is 1. The molecule has 3 aliphatic heterocycles. The van der Waals surface area contributed by atoms with Gasteiger partial charge in [0.05, 0.1) is 52.7 Å². The van der Waals surface area contributed by atoms with E-state index in [1.807, 2.05) is 17.0 Å². The lowest BCUT2D eigenvalue weighted by molar-refractivity contribution is -0.139. The summed E-state index contributed by atoms with van der Waals surface area (Å²) in [5.41, 5.74) is 3.38. The number of carbonyl (C=O) groups excluding carboxylic acids is 4. The van der Waals surface area contributed by atoms with Crippen LogP contribution in [-0.2, 0) is 39.8 Å². The first-order chi connectivity index (χ1) is 22.8. The van der Waals surface area contributed by atoms with Crippen molar-refractivity contribution < 1.29 is 38.1 Å². The maximum Gasteiger partial charge on any atom is 0.243 e. The molecule has 0 radical (unpaired) electrons. The van der Waals surface area contributed by atoms with E-state index in [1.165, 1.54) is 6.08 Å². The Morgan fingerprint density at radius 2 is 1.74 bits per heavy atom. The third kappa shape index (κ3) is 9.39. The van der Waals surface area contributed by atoms with Crippen LogP contribution in [0.2, 0.25) is 0 Å². The van der Waals surface area contributed by atoms with Crippen LogP contribution in [0, 0.1) is 5.92 Å². The van der Waals surface area contributed by atoms with Crippen LogP contribution >= 0.6 is 0 Å². The summed E-state index contributed by atoms with van der Waals surface area (Å²) in [6, 6.07) is 4.40. The smallest absolute Gasteiger partial charge is 0.243 e. The molecule has 12 heteroatoms. The number of nitrogens with one attached hydrogen (secondary N) is 3. The SMILES string of the molecule is C=C=C[C@]1(C(=O)[C@H](CC2=CCCCC2)NC(=O)[C@H](Cc2ccc(OC)cc2)NC(=O)[C@@H](NC(=O)CN2CCOCC2)C2COC2)CO1. The van der Waals surface area contributed by atoms with E-state index in [9.17, 15) is 19.2 Å². The molecule has 47 heavy (non-hydrogen) atoms. The quantitative estimate of drug-likeness (QED) is 0.137. The molecule has 4 atom stereocenters. The third-order valence-electron chi connectivity index (χ3n) is 9.13. The van der Waals surface area contributed by atoms with Gasteiger partial charge in [-0.1, -0.05) is 30.4 Å². The summed E-state index contributed by atoms with van der Waals surface area (Å²) in [5.74, 6) is -1.14. The van der Waals surface area contributed by atoms with Crippen LogP contribution in [-0.4, -0.2) is 112 Å². The topological polar surface area (TPSA) is 148 Å². The molecular weight excluding hydrogens is 604 g/mol. The molecule has 3 heterocycles. The zero-order valence-electron chi connectivity index (χ0n) is 27.1. The molecule has 0 aromatic heterocycles. The van der Waals surface area contributed by atoms with Gasteiger partial charge in [-0.2, -0.15) is 0 Å². The lowest BCUT2D eigenvalue weighted by atomic mass is 9.89. The molecule has 4 aliphatic rings. The second-order valence-corrected chi connectivity index (χ2v) is 12.6. The van der Waals surface area contributed by atoms with Gasteiger partial charge < -0.3 is 34.9 Å². The Morgan fingerprint density at radius 3 is 2.34 bits per heavy atom. The zero-order chi connectivity index (χ0) is 33.2. The Labute approximate surface area is 275 Å². The van der Waals surface area contributed by atoms with Crippen LogP contribution in [0.1, 0.15) is 37.7 Å². The monoisotopic (exact) mass is 650 g/mol. The molecule has 1 aliphatic carbocycles. The number of methoxy groups -OCH3 is 1. The minimum absolute atomic E-state index is 0.138. The normalized spacial score (nSPS) is 23.0. The number of Topliss-reactive ketones (excluding diaryl/α,β-unsaturated/α-hetero) is 1. The van der Waals surface area contributed by atoms with Crippen LogP contribution < -0.4 is 20.7 Å². The van der Waals surface area contributed by atoms with E-state index in [4.69, 9.17) is 18.9 Å². The number of morpholine rings is 1. The number of epoxide rings is 1.